The zero-order chi connectivity index (χ0) is 19.8. The lowest BCUT2D eigenvalue weighted by Crippen LogP contribution is -3.00. The van der Waals surface area contributed by atoms with Gasteiger partial charge in [-0.15, -0.1) is 0 Å². The highest BCUT2D eigenvalue weighted by Gasteiger charge is 2.49. The van der Waals surface area contributed by atoms with E-state index in [1.54, 1.807) is 5.32 Å². The first-order chi connectivity index (χ1) is 13.1. The topological polar surface area (TPSA) is 62.8 Å². The Morgan fingerprint density at radius 2 is 0.966 bits per heavy atom. The van der Waals surface area contributed by atoms with Gasteiger partial charge in [-0.05, 0) is 12.8 Å². The minimum Gasteiger partial charge on any atom is -1.00 e. The molecule has 0 spiro atoms. The summed E-state index contributed by atoms with van der Waals surface area (Å²) in [7, 11) is 0. The number of quaternary nitrogens is 1. The van der Waals surface area contributed by atoms with Crippen molar-refractivity contribution >= 4 is 11.9 Å². The van der Waals surface area contributed by atoms with E-state index in [9.17, 15) is 9.59 Å². The van der Waals surface area contributed by atoms with Gasteiger partial charge in [-0.3, -0.25) is 4.79 Å². The van der Waals surface area contributed by atoms with Crippen molar-refractivity contribution in [3.8, 4) is 0 Å². The molecule has 0 saturated carbocycles. The Hall–Kier alpha value is 0.0600. The second-order valence-electron chi connectivity index (χ2n) is 8.57. The molecule has 3 amide bonds. The molecular formula is C23H45Br2N2O2-. The predicted octanol–water partition coefficient (Wildman–Crippen LogP) is -0.392. The molecule has 29 heavy (non-hydrogen) atoms. The summed E-state index contributed by atoms with van der Waals surface area (Å²) in [4.78, 5) is 24.2. The number of hydrogen-bond acceptors (Lipinski definition) is 2. The van der Waals surface area contributed by atoms with E-state index >= 15 is 0 Å². The van der Waals surface area contributed by atoms with Crippen molar-refractivity contribution in [1.29, 1.82) is 0 Å². The fraction of sp³-hybridized carbons (Fsp3) is 0.913. The largest absolute Gasteiger partial charge is 1.00 e. The molecule has 1 aliphatic rings. The van der Waals surface area contributed by atoms with Crippen molar-refractivity contribution in [2.75, 3.05) is 0 Å². The van der Waals surface area contributed by atoms with Gasteiger partial charge in [0, 0.05) is 12.8 Å². The summed E-state index contributed by atoms with van der Waals surface area (Å²) in [5.74, 6) is -0.0432. The highest BCUT2D eigenvalue weighted by atomic mass is 79.9. The van der Waals surface area contributed by atoms with Crippen molar-refractivity contribution < 1.29 is 48.9 Å². The third-order valence-electron chi connectivity index (χ3n) is 6.05. The number of halogens is 2. The van der Waals surface area contributed by atoms with Crippen LogP contribution in [0.2, 0.25) is 0 Å². The van der Waals surface area contributed by atoms with E-state index < -0.39 is 5.54 Å². The molecule has 1 saturated heterocycles. The molecular weight excluding hydrogens is 496 g/mol. The number of hydrogen-bond donors (Lipinski definition) is 2. The summed E-state index contributed by atoms with van der Waals surface area (Å²) >= 11 is 0. The predicted molar refractivity (Wildman–Crippen MR) is 113 cm³/mol. The summed E-state index contributed by atoms with van der Waals surface area (Å²) in [6.45, 7) is 4.49. The molecule has 1 aliphatic heterocycles. The Bertz CT molecular complexity index is 400. The number of amides is 3. The number of unbranched alkanes of at least 4 members (excludes halogenated alkanes) is 14. The van der Waals surface area contributed by atoms with Crippen molar-refractivity contribution in [1.82, 2.24) is 5.32 Å². The van der Waals surface area contributed by atoms with Crippen LogP contribution >= 0.6 is 0 Å². The monoisotopic (exact) mass is 539 g/mol. The first-order valence-electron chi connectivity index (χ1n) is 11.9. The van der Waals surface area contributed by atoms with Crippen molar-refractivity contribution in [2.24, 2.45) is 0 Å². The molecule has 0 aromatic rings. The van der Waals surface area contributed by atoms with Crippen LogP contribution in [0.1, 0.15) is 129 Å². The van der Waals surface area contributed by atoms with Crippen LogP contribution in [0.25, 0.3) is 0 Å². The van der Waals surface area contributed by atoms with Crippen LogP contribution < -0.4 is 44.6 Å². The van der Waals surface area contributed by atoms with Gasteiger partial charge in [-0.2, -0.15) is 0 Å². The summed E-state index contributed by atoms with van der Waals surface area (Å²) in [6, 6.07) is -0.181. The molecule has 1 rings (SSSR count). The Balaban J connectivity index is 0. The van der Waals surface area contributed by atoms with E-state index in [1.807, 2.05) is 0 Å². The summed E-state index contributed by atoms with van der Waals surface area (Å²) < 4.78 is 0. The van der Waals surface area contributed by atoms with E-state index in [1.165, 1.54) is 89.9 Å². The fourth-order valence-corrected chi connectivity index (χ4v) is 4.23. The molecule has 0 atom stereocenters. The summed E-state index contributed by atoms with van der Waals surface area (Å²) in [5.41, 5.74) is -0.512. The van der Waals surface area contributed by atoms with Gasteiger partial charge in [0.1, 0.15) is 0 Å². The molecule has 4 nitrogen and oxygen atoms in total. The highest BCUT2D eigenvalue weighted by Crippen LogP contribution is 2.22. The minimum absolute atomic E-state index is 0. The number of nitrogens with one attached hydrogen (secondary N) is 1. The second-order valence-corrected chi connectivity index (χ2v) is 8.57. The minimum atomic E-state index is -0.512. The molecule has 0 bridgehead atoms. The van der Waals surface area contributed by atoms with E-state index in [-0.39, 0.29) is 45.9 Å². The maximum Gasteiger partial charge on any atom is 0.420 e. The van der Waals surface area contributed by atoms with Crippen LogP contribution in [0, 0.1) is 0 Å². The second kappa shape index (κ2) is 20.0. The lowest BCUT2D eigenvalue weighted by molar-refractivity contribution is -0.614. The van der Waals surface area contributed by atoms with Gasteiger partial charge < -0.3 is 34.0 Å². The van der Waals surface area contributed by atoms with E-state index in [0.29, 0.717) is 0 Å². The average molecular weight is 541 g/mol. The third kappa shape index (κ3) is 13.9. The maximum atomic E-state index is 12.4. The molecule has 0 aliphatic carbocycles. The van der Waals surface area contributed by atoms with Crippen LogP contribution in [0.4, 0.5) is 4.79 Å². The molecule has 0 radical (unpaired) electrons. The zero-order valence-corrected chi connectivity index (χ0v) is 22.0. The highest BCUT2D eigenvalue weighted by molar-refractivity contribution is 6.00. The van der Waals surface area contributed by atoms with Gasteiger partial charge in [0.2, 0.25) is 0 Å². The Labute approximate surface area is 200 Å². The van der Waals surface area contributed by atoms with Gasteiger partial charge in [-0.1, -0.05) is 104 Å². The number of carbonyl (C=O) groups is 2. The molecule has 3 N–H and O–H groups in total. The maximum absolute atomic E-state index is 12.4. The lowest BCUT2D eigenvalue weighted by Gasteiger charge is -2.22. The number of nitrogens with two attached hydrogens (primary N) is 1. The normalized spacial score (nSPS) is 15.0. The van der Waals surface area contributed by atoms with Crippen LogP contribution in [0.3, 0.4) is 0 Å². The number of imide groups is 1. The Morgan fingerprint density at radius 1 is 0.621 bits per heavy atom. The molecule has 174 valence electrons. The SMILES string of the molecule is CCCCCCCCCCC1(CCCCCCCCCC)[NH2+]C(=O)NC1=O.[Br-].[Br-]. The Kier molecular flexibility index (Phi) is 21.5. The first kappa shape index (κ1) is 31.2. The molecule has 6 heteroatoms. The van der Waals surface area contributed by atoms with Gasteiger partial charge in [0.15, 0.2) is 5.54 Å². The van der Waals surface area contributed by atoms with Gasteiger partial charge in [0.05, 0.1) is 0 Å². The number of urea groups is 1. The smallest absolute Gasteiger partial charge is 0.420 e. The molecule has 0 aromatic carbocycles. The standard InChI is InChI=1S/C23H44N2O2.2BrH/c1-3-5-7-9-11-13-15-17-19-23(21(26)24-22(27)25-23)20-18-16-14-12-10-8-6-4-2;;/h3-20H2,1-2H3,(H2,24,25,26,27);2*1H/p-1. The first-order valence-corrected chi connectivity index (χ1v) is 11.9. The summed E-state index contributed by atoms with van der Waals surface area (Å²) in [5, 5.41) is 4.22. The molecule has 0 aromatic heterocycles. The zero-order valence-electron chi connectivity index (χ0n) is 18.9. The van der Waals surface area contributed by atoms with E-state index in [2.05, 4.69) is 19.2 Å². The van der Waals surface area contributed by atoms with Crippen molar-refractivity contribution in [3.05, 3.63) is 0 Å². The van der Waals surface area contributed by atoms with E-state index in [4.69, 9.17) is 0 Å². The average Bonchev–Trinajstić information content (AvgIpc) is 2.93. The lowest BCUT2D eigenvalue weighted by atomic mass is 9.86. The third-order valence-corrected chi connectivity index (χ3v) is 6.05. The molecule has 0 unspecified atom stereocenters. The molecule has 1 heterocycles. The number of primary amides is 1. The number of carbonyl (C=O) groups excluding carboxylic acids is 2. The Morgan fingerprint density at radius 3 is 1.28 bits per heavy atom. The van der Waals surface area contributed by atoms with Crippen LogP contribution in [-0.2, 0) is 4.79 Å². The van der Waals surface area contributed by atoms with Crippen LogP contribution in [-0.4, -0.2) is 17.5 Å². The van der Waals surface area contributed by atoms with Gasteiger partial charge in [-0.25, -0.2) is 15.4 Å². The van der Waals surface area contributed by atoms with Gasteiger partial charge >= 0.3 is 6.03 Å². The summed E-state index contributed by atoms with van der Waals surface area (Å²) in [6.07, 6.45) is 21.9. The number of rotatable bonds is 18. The van der Waals surface area contributed by atoms with Crippen molar-refractivity contribution in [3.63, 3.8) is 0 Å². The van der Waals surface area contributed by atoms with Crippen LogP contribution in [0.5, 0.6) is 0 Å². The van der Waals surface area contributed by atoms with Gasteiger partial charge in [0.25, 0.3) is 5.91 Å². The molecule has 1 fully saturated rings. The fourth-order valence-electron chi connectivity index (χ4n) is 4.23. The quantitative estimate of drug-likeness (QED) is 0.184. The van der Waals surface area contributed by atoms with E-state index in [0.717, 1.165) is 25.7 Å². The van der Waals surface area contributed by atoms with Crippen molar-refractivity contribution in [2.45, 2.75) is 135 Å². The van der Waals surface area contributed by atoms with Crippen LogP contribution in [0.15, 0.2) is 0 Å².